The van der Waals surface area contributed by atoms with Crippen LogP contribution in [0.15, 0.2) is 36.5 Å². The molecule has 1 aromatic heterocycles. The van der Waals surface area contributed by atoms with E-state index in [1.165, 1.54) is 13.3 Å². The summed E-state index contributed by atoms with van der Waals surface area (Å²) in [6, 6.07) is 12.0. The van der Waals surface area contributed by atoms with E-state index < -0.39 is 0 Å². The molecule has 1 heterocycles. The minimum Gasteiger partial charge on any atom is -0.493 e. The number of ether oxygens (including phenoxy) is 2. The molecular weight excluding hydrogens is 242 g/mol. The van der Waals surface area contributed by atoms with Crippen LogP contribution in [0.1, 0.15) is 11.1 Å². The number of aromatic nitrogens is 1. The molecule has 2 rings (SSSR count). The zero-order valence-corrected chi connectivity index (χ0v) is 10.1. The lowest BCUT2D eigenvalue weighted by atomic mass is 10.2. The van der Waals surface area contributed by atoms with E-state index in [4.69, 9.17) is 20.0 Å². The largest absolute Gasteiger partial charge is 0.493 e. The van der Waals surface area contributed by atoms with Crippen LogP contribution in [0.4, 0.5) is 0 Å². The molecule has 19 heavy (non-hydrogen) atoms. The molecule has 0 N–H and O–H groups in total. The molecule has 1 aromatic carbocycles. The third-order valence-corrected chi connectivity index (χ3v) is 2.37. The Kier molecular flexibility index (Phi) is 3.61. The minimum atomic E-state index is 0.349. The normalized spacial score (nSPS) is 9.21. The number of hydrogen-bond donors (Lipinski definition) is 0. The molecule has 0 radical (unpaired) electrons. The molecule has 5 heteroatoms. The molecule has 0 saturated carbocycles. The summed E-state index contributed by atoms with van der Waals surface area (Å²) in [5.41, 5.74) is 0.941. The molecule has 0 atom stereocenters. The molecule has 0 spiro atoms. The molecule has 0 aliphatic rings. The van der Waals surface area contributed by atoms with Crippen LogP contribution in [0.25, 0.3) is 0 Å². The molecule has 0 aliphatic heterocycles. The maximum Gasteiger partial charge on any atom is 0.219 e. The molecule has 5 nitrogen and oxygen atoms in total. The number of nitriles is 2. The van der Waals surface area contributed by atoms with Gasteiger partial charge >= 0.3 is 0 Å². The van der Waals surface area contributed by atoms with Gasteiger partial charge in [0, 0.05) is 18.3 Å². The average molecular weight is 251 g/mol. The topological polar surface area (TPSA) is 78.9 Å². The van der Waals surface area contributed by atoms with Crippen molar-refractivity contribution < 1.29 is 9.47 Å². The molecule has 0 saturated heterocycles. The van der Waals surface area contributed by atoms with E-state index >= 15 is 0 Å². The van der Waals surface area contributed by atoms with Gasteiger partial charge < -0.3 is 9.47 Å². The monoisotopic (exact) mass is 251 g/mol. The van der Waals surface area contributed by atoms with Gasteiger partial charge in [0.1, 0.15) is 6.07 Å². The molecular formula is C14H9N3O2. The van der Waals surface area contributed by atoms with E-state index in [1.807, 2.05) is 12.1 Å². The highest BCUT2D eigenvalue weighted by atomic mass is 16.5. The van der Waals surface area contributed by atoms with E-state index in [9.17, 15) is 0 Å². The molecule has 2 aromatic rings. The number of rotatable bonds is 3. The standard InChI is InChI=1S/C14H9N3O2/c1-18-13-6-10(7-15)2-4-12(13)19-14-5-3-11(8-16)9-17-14/h2-6,9H,1H3. The number of hydrogen-bond acceptors (Lipinski definition) is 5. The number of pyridine rings is 1. The van der Waals surface area contributed by atoms with Crippen molar-refractivity contribution in [2.75, 3.05) is 7.11 Å². The Balaban J connectivity index is 2.27. The Bertz CT molecular complexity index is 667. The van der Waals surface area contributed by atoms with E-state index in [0.717, 1.165) is 0 Å². The Hall–Kier alpha value is -3.05. The van der Waals surface area contributed by atoms with Crippen LogP contribution in [0.3, 0.4) is 0 Å². The maximum absolute atomic E-state index is 8.81. The summed E-state index contributed by atoms with van der Waals surface area (Å²) < 4.78 is 10.7. The zero-order chi connectivity index (χ0) is 13.7. The summed E-state index contributed by atoms with van der Waals surface area (Å²) in [4.78, 5) is 4.00. The van der Waals surface area contributed by atoms with Crippen LogP contribution in [-0.4, -0.2) is 12.1 Å². The van der Waals surface area contributed by atoms with Crippen LogP contribution in [-0.2, 0) is 0 Å². The number of nitrogens with zero attached hydrogens (tertiary/aromatic N) is 3. The Labute approximate surface area is 110 Å². The third-order valence-electron chi connectivity index (χ3n) is 2.37. The molecule has 92 valence electrons. The molecule has 0 unspecified atom stereocenters. The quantitative estimate of drug-likeness (QED) is 0.837. The van der Waals surface area contributed by atoms with Crippen molar-refractivity contribution in [3.63, 3.8) is 0 Å². The summed E-state index contributed by atoms with van der Waals surface area (Å²) in [6.45, 7) is 0. The lowest BCUT2D eigenvalue weighted by Gasteiger charge is -2.09. The van der Waals surface area contributed by atoms with Gasteiger partial charge in [-0.15, -0.1) is 0 Å². The first-order valence-electron chi connectivity index (χ1n) is 5.39. The Morgan fingerprint density at radius 3 is 2.32 bits per heavy atom. The van der Waals surface area contributed by atoms with Crippen molar-refractivity contribution in [2.24, 2.45) is 0 Å². The van der Waals surface area contributed by atoms with E-state index in [2.05, 4.69) is 4.98 Å². The highest BCUT2D eigenvalue weighted by Crippen LogP contribution is 2.31. The number of methoxy groups -OCH3 is 1. The van der Waals surface area contributed by atoms with Gasteiger partial charge in [-0.2, -0.15) is 10.5 Å². The van der Waals surface area contributed by atoms with Gasteiger partial charge in [-0.05, 0) is 18.2 Å². The highest BCUT2D eigenvalue weighted by molar-refractivity contribution is 5.48. The Morgan fingerprint density at radius 1 is 1.00 bits per heavy atom. The fourth-order valence-electron chi connectivity index (χ4n) is 1.44. The van der Waals surface area contributed by atoms with E-state index in [1.54, 1.807) is 30.3 Å². The predicted octanol–water partition coefficient (Wildman–Crippen LogP) is 2.63. The number of benzene rings is 1. The first-order chi connectivity index (χ1) is 9.26. The second kappa shape index (κ2) is 5.52. The van der Waals surface area contributed by atoms with Crippen LogP contribution >= 0.6 is 0 Å². The van der Waals surface area contributed by atoms with Crippen LogP contribution in [0.5, 0.6) is 17.4 Å². The minimum absolute atomic E-state index is 0.349. The zero-order valence-electron chi connectivity index (χ0n) is 10.1. The molecule has 0 bridgehead atoms. The lowest BCUT2D eigenvalue weighted by Crippen LogP contribution is -1.93. The van der Waals surface area contributed by atoms with Crippen molar-refractivity contribution in [3.05, 3.63) is 47.7 Å². The summed E-state index contributed by atoms with van der Waals surface area (Å²) in [7, 11) is 1.50. The molecule has 0 fully saturated rings. The summed E-state index contributed by atoms with van der Waals surface area (Å²) in [5.74, 6) is 1.26. The van der Waals surface area contributed by atoms with Gasteiger partial charge in [0.05, 0.1) is 24.3 Å². The van der Waals surface area contributed by atoms with E-state index in [-0.39, 0.29) is 0 Å². The first kappa shape index (κ1) is 12.4. The fraction of sp³-hybridized carbons (Fsp3) is 0.0714. The molecule has 0 aliphatic carbocycles. The first-order valence-corrected chi connectivity index (χ1v) is 5.39. The highest BCUT2D eigenvalue weighted by Gasteiger charge is 2.07. The van der Waals surface area contributed by atoms with Crippen LogP contribution in [0.2, 0.25) is 0 Å². The van der Waals surface area contributed by atoms with Gasteiger partial charge in [0.25, 0.3) is 0 Å². The molecule has 0 amide bonds. The predicted molar refractivity (Wildman–Crippen MR) is 66.7 cm³/mol. The second-order valence-electron chi connectivity index (χ2n) is 3.58. The van der Waals surface area contributed by atoms with Crippen molar-refractivity contribution in [2.45, 2.75) is 0 Å². The van der Waals surface area contributed by atoms with Crippen molar-refractivity contribution in [1.29, 1.82) is 10.5 Å². The van der Waals surface area contributed by atoms with Crippen molar-refractivity contribution >= 4 is 0 Å². The SMILES string of the molecule is COc1cc(C#N)ccc1Oc1ccc(C#N)cn1. The average Bonchev–Trinajstić information content (AvgIpc) is 2.48. The Morgan fingerprint density at radius 2 is 1.74 bits per heavy atom. The van der Waals surface area contributed by atoms with Crippen LogP contribution < -0.4 is 9.47 Å². The van der Waals surface area contributed by atoms with Gasteiger partial charge in [-0.3, -0.25) is 0 Å². The van der Waals surface area contributed by atoms with Gasteiger partial charge in [-0.1, -0.05) is 0 Å². The van der Waals surface area contributed by atoms with Crippen molar-refractivity contribution in [3.8, 4) is 29.5 Å². The maximum atomic E-state index is 8.81. The van der Waals surface area contributed by atoms with E-state index in [0.29, 0.717) is 28.5 Å². The smallest absolute Gasteiger partial charge is 0.219 e. The lowest BCUT2D eigenvalue weighted by molar-refractivity contribution is 0.374. The third kappa shape index (κ3) is 2.80. The summed E-state index contributed by atoms with van der Waals surface area (Å²) >= 11 is 0. The summed E-state index contributed by atoms with van der Waals surface area (Å²) in [6.07, 6.45) is 1.42. The van der Waals surface area contributed by atoms with Crippen molar-refractivity contribution in [1.82, 2.24) is 4.98 Å². The fourth-order valence-corrected chi connectivity index (χ4v) is 1.44. The summed E-state index contributed by atoms with van der Waals surface area (Å²) in [5, 5.41) is 17.5. The second-order valence-corrected chi connectivity index (χ2v) is 3.58. The van der Waals surface area contributed by atoms with Crippen LogP contribution in [0, 0.1) is 22.7 Å². The van der Waals surface area contributed by atoms with Gasteiger partial charge in [-0.25, -0.2) is 4.98 Å². The van der Waals surface area contributed by atoms with Gasteiger partial charge in [0.15, 0.2) is 11.5 Å². The van der Waals surface area contributed by atoms with Gasteiger partial charge in [0.2, 0.25) is 5.88 Å².